The van der Waals surface area contributed by atoms with Gasteiger partial charge in [-0.1, -0.05) is 30.3 Å². The van der Waals surface area contributed by atoms with E-state index in [1.165, 1.54) is 4.68 Å². The maximum absolute atomic E-state index is 10.7. The summed E-state index contributed by atoms with van der Waals surface area (Å²) >= 11 is 0. The van der Waals surface area contributed by atoms with Gasteiger partial charge < -0.3 is 5.11 Å². The summed E-state index contributed by atoms with van der Waals surface area (Å²) in [6.07, 6.45) is 0.581. The van der Waals surface area contributed by atoms with Crippen molar-refractivity contribution in [1.82, 2.24) is 14.8 Å². The first-order valence-electron chi connectivity index (χ1n) is 4.84. The number of rotatable bonds is 3. The van der Waals surface area contributed by atoms with Crippen molar-refractivity contribution in [3.8, 4) is 0 Å². The van der Waals surface area contributed by atoms with E-state index in [0.717, 1.165) is 5.56 Å². The fourth-order valence-corrected chi connectivity index (χ4v) is 1.44. The molecule has 0 aliphatic heterocycles. The van der Waals surface area contributed by atoms with Gasteiger partial charge >= 0.3 is 5.97 Å². The minimum atomic E-state index is -1.10. The second-order valence-corrected chi connectivity index (χ2v) is 3.44. The van der Waals surface area contributed by atoms with E-state index < -0.39 is 5.97 Å². The summed E-state index contributed by atoms with van der Waals surface area (Å²) in [5.74, 6) is -0.619. The summed E-state index contributed by atoms with van der Waals surface area (Å²) in [7, 11) is 1.69. The van der Waals surface area contributed by atoms with E-state index in [1.54, 1.807) is 7.05 Å². The summed E-state index contributed by atoms with van der Waals surface area (Å²) in [5.41, 5.74) is 1.08. The molecule has 0 aliphatic carbocycles. The van der Waals surface area contributed by atoms with Gasteiger partial charge in [-0.15, -0.1) is 5.10 Å². The van der Waals surface area contributed by atoms with Crippen LogP contribution in [0.3, 0.4) is 0 Å². The van der Waals surface area contributed by atoms with Crippen LogP contribution in [0.25, 0.3) is 0 Å². The van der Waals surface area contributed by atoms with E-state index in [-0.39, 0.29) is 5.82 Å². The van der Waals surface area contributed by atoms with Crippen molar-refractivity contribution >= 4 is 5.97 Å². The fraction of sp³-hybridized carbons (Fsp3) is 0.182. The van der Waals surface area contributed by atoms with Gasteiger partial charge in [-0.25, -0.2) is 9.78 Å². The quantitative estimate of drug-likeness (QED) is 0.836. The molecule has 0 atom stereocenters. The van der Waals surface area contributed by atoms with Crippen LogP contribution >= 0.6 is 0 Å². The molecule has 16 heavy (non-hydrogen) atoms. The first-order valence-corrected chi connectivity index (χ1v) is 4.84. The fourth-order valence-electron chi connectivity index (χ4n) is 1.44. The van der Waals surface area contributed by atoms with Crippen LogP contribution in [0, 0.1) is 0 Å². The molecule has 1 N–H and O–H groups in total. The zero-order chi connectivity index (χ0) is 11.5. The van der Waals surface area contributed by atoms with Gasteiger partial charge in [0.15, 0.2) is 0 Å². The normalized spacial score (nSPS) is 10.3. The lowest BCUT2D eigenvalue weighted by Gasteiger charge is -1.99. The van der Waals surface area contributed by atoms with Gasteiger partial charge in [0.1, 0.15) is 5.82 Å². The molecule has 0 fully saturated rings. The molecule has 5 heteroatoms. The number of aromatic nitrogens is 3. The van der Waals surface area contributed by atoms with Crippen molar-refractivity contribution < 1.29 is 9.90 Å². The van der Waals surface area contributed by atoms with Crippen LogP contribution in [0.4, 0.5) is 0 Å². The molecule has 0 spiro atoms. The van der Waals surface area contributed by atoms with E-state index in [1.807, 2.05) is 30.3 Å². The summed E-state index contributed by atoms with van der Waals surface area (Å²) in [6, 6.07) is 9.74. The molecular weight excluding hydrogens is 206 g/mol. The number of nitrogens with zero attached hydrogens (tertiary/aromatic N) is 3. The molecule has 0 amide bonds. The van der Waals surface area contributed by atoms with Gasteiger partial charge in [0.25, 0.3) is 5.82 Å². The van der Waals surface area contributed by atoms with Crippen molar-refractivity contribution in [3.05, 3.63) is 47.5 Å². The minimum absolute atomic E-state index is 0.159. The number of hydrogen-bond donors (Lipinski definition) is 1. The Morgan fingerprint density at radius 3 is 2.62 bits per heavy atom. The van der Waals surface area contributed by atoms with Gasteiger partial charge in [-0.05, 0) is 5.56 Å². The Morgan fingerprint density at radius 1 is 1.38 bits per heavy atom. The summed E-state index contributed by atoms with van der Waals surface area (Å²) in [4.78, 5) is 14.6. The van der Waals surface area contributed by atoms with E-state index >= 15 is 0 Å². The second-order valence-electron chi connectivity index (χ2n) is 3.44. The molecule has 2 rings (SSSR count). The highest BCUT2D eigenvalue weighted by Gasteiger charge is 2.13. The van der Waals surface area contributed by atoms with E-state index in [9.17, 15) is 4.79 Å². The Balaban J connectivity index is 2.25. The van der Waals surface area contributed by atoms with Crippen LogP contribution in [0.5, 0.6) is 0 Å². The Morgan fingerprint density at radius 2 is 2.06 bits per heavy atom. The molecule has 1 aromatic heterocycles. The molecule has 0 saturated carbocycles. The molecule has 1 heterocycles. The standard InChI is InChI=1S/C11H11N3O2/c1-14-9(12-10(13-14)11(15)16)7-8-5-3-2-4-6-8/h2-6H,7H2,1H3,(H,15,16). The number of carboxylic acid groups (broad SMARTS) is 1. The van der Waals surface area contributed by atoms with Crippen LogP contribution in [0.15, 0.2) is 30.3 Å². The van der Waals surface area contributed by atoms with Gasteiger partial charge in [-0.3, -0.25) is 4.68 Å². The van der Waals surface area contributed by atoms with Crippen molar-refractivity contribution in [2.45, 2.75) is 6.42 Å². The minimum Gasteiger partial charge on any atom is -0.475 e. The van der Waals surface area contributed by atoms with Gasteiger partial charge in [0.2, 0.25) is 0 Å². The van der Waals surface area contributed by atoms with E-state index in [4.69, 9.17) is 5.11 Å². The maximum Gasteiger partial charge on any atom is 0.375 e. The van der Waals surface area contributed by atoms with Crippen LogP contribution in [-0.2, 0) is 13.5 Å². The zero-order valence-electron chi connectivity index (χ0n) is 8.79. The van der Waals surface area contributed by atoms with Crippen molar-refractivity contribution in [3.63, 3.8) is 0 Å². The molecule has 0 bridgehead atoms. The van der Waals surface area contributed by atoms with Crippen molar-refractivity contribution in [2.75, 3.05) is 0 Å². The summed E-state index contributed by atoms with van der Waals surface area (Å²) in [5, 5.41) is 12.6. The third-order valence-corrected chi connectivity index (χ3v) is 2.25. The molecule has 0 unspecified atom stereocenters. The number of carboxylic acids is 1. The Bertz CT molecular complexity index is 505. The predicted octanol–water partition coefficient (Wildman–Crippen LogP) is 1.10. The van der Waals surface area contributed by atoms with Gasteiger partial charge in [0, 0.05) is 13.5 Å². The molecule has 82 valence electrons. The average molecular weight is 217 g/mol. The smallest absolute Gasteiger partial charge is 0.375 e. The molecule has 0 saturated heterocycles. The first-order chi connectivity index (χ1) is 7.66. The third-order valence-electron chi connectivity index (χ3n) is 2.25. The lowest BCUT2D eigenvalue weighted by molar-refractivity contribution is 0.0683. The maximum atomic E-state index is 10.7. The summed E-state index contributed by atoms with van der Waals surface area (Å²) < 4.78 is 1.50. The Labute approximate surface area is 92.4 Å². The van der Waals surface area contributed by atoms with Crippen LogP contribution < -0.4 is 0 Å². The predicted molar refractivity (Wildman–Crippen MR) is 57.2 cm³/mol. The number of aryl methyl sites for hydroxylation is 1. The monoisotopic (exact) mass is 217 g/mol. The summed E-state index contributed by atoms with van der Waals surface area (Å²) in [6.45, 7) is 0. The lowest BCUT2D eigenvalue weighted by Crippen LogP contribution is -2.00. The molecular formula is C11H11N3O2. The van der Waals surface area contributed by atoms with Crippen molar-refractivity contribution in [1.29, 1.82) is 0 Å². The molecule has 0 aliphatic rings. The molecule has 5 nitrogen and oxygen atoms in total. The Kier molecular flexibility index (Phi) is 2.68. The highest BCUT2D eigenvalue weighted by Crippen LogP contribution is 2.06. The largest absolute Gasteiger partial charge is 0.475 e. The number of aromatic carboxylic acids is 1. The number of carbonyl (C=O) groups is 1. The van der Waals surface area contributed by atoms with Crippen LogP contribution in [0.2, 0.25) is 0 Å². The third kappa shape index (κ3) is 2.08. The molecule has 0 radical (unpaired) electrons. The van der Waals surface area contributed by atoms with Crippen LogP contribution in [-0.4, -0.2) is 25.8 Å². The van der Waals surface area contributed by atoms with E-state index in [2.05, 4.69) is 10.1 Å². The van der Waals surface area contributed by atoms with Crippen LogP contribution in [0.1, 0.15) is 22.0 Å². The highest BCUT2D eigenvalue weighted by atomic mass is 16.4. The molecule has 1 aromatic carbocycles. The SMILES string of the molecule is Cn1nc(C(=O)O)nc1Cc1ccccc1. The van der Waals surface area contributed by atoms with Crippen molar-refractivity contribution in [2.24, 2.45) is 7.05 Å². The van der Waals surface area contributed by atoms with Gasteiger partial charge in [0.05, 0.1) is 0 Å². The Hall–Kier alpha value is -2.17. The zero-order valence-corrected chi connectivity index (χ0v) is 8.79. The number of hydrogen-bond acceptors (Lipinski definition) is 3. The molecule has 2 aromatic rings. The number of benzene rings is 1. The topological polar surface area (TPSA) is 68.0 Å². The highest BCUT2D eigenvalue weighted by molar-refractivity contribution is 5.82. The average Bonchev–Trinajstić information content (AvgIpc) is 2.62. The van der Waals surface area contributed by atoms with E-state index in [0.29, 0.717) is 12.2 Å². The van der Waals surface area contributed by atoms with Gasteiger partial charge in [-0.2, -0.15) is 0 Å². The second kappa shape index (κ2) is 4.14. The lowest BCUT2D eigenvalue weighted by atomic mass is 10.1. The first kappa shape index (κ1) is 10.4.